The molecule has 47 heavy (non-hydrogen) atoms. The van der Waals surface area contributed by atoms with Gasteiger partial charge in [-0.25, -0.2) is 9.78 Å². The van der Waals surface area contributed by atoms with Gasteiger partial charge in [0.15, 0.2) is 5.76 Å². The van der Waals surface area contributed by atoms with Crippen LogP contribution in [0.15, 0.2) is 78.6 Å². The fourth-order valence-electron chi connectivity index (χ4n) is 5.43. The summed E-state index contributed by atoms with van der Waals surface area (Å²) in [7, 11) is 1.34. The number of carbonyl (C=O) groups excluding carboxylic acids is 2. The molecule has 1 aliphatic heterocycles. The zero-order valence-electron chi connectivity index (χ0n) is 26.8. The van der Waals surface area contributed by atoms with E-state index >= 15 is 0 Å². The highest BCUT2D eigenvalue weighted by Crippen LogP contribution is 2.39. The number of fused-ring (bicyclic) bond motifs is 1. The number of aromatic nitrogens is 1. The number of benzene rings is 3. The lowest BCUT2D eigenvalue weighted by atomic mass is 9.81. The van der Waals surface area contributed by atoms with Crippen molar-refractivity contribution in [3.63, 3.8) is 0 Å². The first-order valence-corrected chi connectivity index (χ1v) is 16.5. The van der Waals surface area contributed by atoms with Crippen LogP contribution < -0.4 is 5.32 Å². The van der Waals surface area contributed by atoms with Crippen LogP contribution in [0.1, 0.15) is 40.7 Å². The van der Waals surface area contributed by atoms with Crippen molar-refractivity contribution in [1.82, 2.24) is 4.98 Å². The van der Waals surface area contributed by atoms with E-state index in [1.807, 2.05) is 55.5 Å². The summed E-state index contributed by atoms with van der Waals surface area (Å²) in [5.41, 5.74) is 5.06. The molecule has 0 radical (unpaired) electrons. The highest BCUT2D eigenvalue weighted by molar-refractivity contribution is 7.21. The summed E-state index contributed by atoms with van der Waals surface area (Å²) in [6.07, 6.45) is 1.67. The zero-order valence-corrected chi connectivity index (χ0v) is 27.6. The van der Waals surface area contributed by atoms with E-state index in [0.29, 0.717) is 44.1 Å². The molecule has 2 heterocycles. The Balaban J connectivity index is 1.34. The van der Waals surface area contributed by atoms with Crippen molar-refractivity contribution in [2.24, 2.45) is 5.92 Å². The lowest BCUT2D eigenvalue weighted by Gasteiger charge is -2.37. The molecule has 11 heteroatoms. The summed E-state index contributed by atoms with van der Waals surface area (Å²) in [6, 6.07) is 20.9. The van der Waals surface area contributed by atoms with Crippen molar-refractivity contribution < 1.29 is 38.4 Å². The van der Waals surface area contributed by atoms with E-state index in [-0.39, 0.29) is 30.8 Å². The topological polar surface area (TPSA) is 125 Å². The number of rotatable bonds is 15. The first kappa shape index (κ1) is 34.2. The SMILES string of the molecule is CCO[C@@H]1OC(C(=O)Nc2ccc(-c3nc4ccc(C)cc4s3)cc2)=C[C@H](c2ccc(C(=O)OC)cc2)[C@H]1CCOCCOCCO. The summed E-state index contributed by atoms with van der Waals surface area (Å²) in [4.78, 5) is 30.4. The van der Waals surface area contributed by atoms with Crippen LogP contribution in [0.4, 0.5) is 5.69 Å². The van der Waals surface area contributed by atoms with E-state index in [9.17, 15) is 9.59 Å². The number of aliphatic hydroxyl groups is 1. The Hall–Kier alpha value is -4.13. The van der Waals surface area contributed by atoms with Gasteiger partial charge in [-0.2, -0.15) is 0 Å². The third-order valence-electron chi connectivity index (χ3n) is 7.79. The number of nitrogens with one attached hydrogen (secondary N) is 1. The maximum atomic E-state index is 13.6. The molecule has 5 rings (SSSR count). The second-order valence-electron chi connectivity index (χ2n) is 11.0. The predicted molar refractivity (Wildman–Crippen MR) is 180 cm³/mol. The predicted octanol–water partition coefficient (Wildman–Crippen LogP) is 6.09. The third kappa shape index (κ3) is 8.82. The molecule has 0 fully saturated rings. The molecule has 0 saturated carbocycles. The molecule has 0 bridgehead atoms. The van der Waals surface area contributed by atoms with Gasteiger partial charge in [0.25, 0.3) is 5.91 Å². The normalized spacial score (nSPS) is 17.6. The largest absolute Gasteiger partial charge is 0.465 e. The third-order valence-corrected chi connectivity index (χ3v) is 8.86. The van der Waals surface area contributed by atoms with E-state index in [0.717, 1.165) is 26.4 Å². The molecular formula is C36H40N2O8S. The van der Waals surface area contributed by atoms with Gasteiger partial charge in [0, 0.05) is 36.3 Å². The van der Waals surface area contributed by atoms with Crippen molar-refractivity contribution in [2.45, 2.75) is 32.5 Å². The van der Waals surface area contributed by atoms with Crippen LogP contribution in [0.25, 0.3) is 20.8 Å². The molecule has 0 spiro atoms. The van der Waals surface area contributed by atoms with Gasteiger partial charge in [0.2, 0.25) is 6.29 Å². The van der Waals surface area contributed by atoms with E-state index in [1.54, 1.807) is 23.5 Å². The highest BCUT2D eigenvalue weighted by atomic mass is 32.1. The van der Waals surface area contributed by atoms with E-state index < -0.39 is 18.2 Å². The van der Waals surface area contributed by atoms with Crippen LogP contribution in [-0.4, -0.2) is 75.0 Å². The number of amides is 1. The van der Waals surface area contributed by atoms with Crippen molar-refractivity contribution in [1.29, 1.82) is 0 Å². The number of carbonyl (C=O) groups is 2. The van der Waals surface area contributed by atoms with E-state index in [4.69, 9.17) is 33.8 Å². The Bertz CT molecular complexity index is 1670. The second kappa shape index (κ2) is 16.6. The van der Waals surface area contributed by atoms with Crippen LogP contribution in [-0.2, 0) is 28.5 Å². The van der Waals surface area contributed by atoms with Gasteiger partial charge in [-0.1, -0.05) is 18.2 Å². The number of hydrogen-bond donors (Lipinski definition) is 2. The second-order valence-corrected chi connectivity index (χ2v) is 12.1. The quantitative estimate of drug-likeness (QED) is 0.115. The van der Waals surface area contributed by atoms with Gasteiger partial charge < -0.3 is 34.1 Å². The first-order chi connectivity index (χ1) is 22.9. The first-order valence-electron chi connectivity index (χ1n) is 15.6. The molecule has 2 N–H and O–H groups in total. The minimum Gasteiger partial charge on any atom is -0.465 e. The van der Waals surface area contributed by atoms with E-state index in [1.165, 1.54) is 12.7 Å². The molecule has 3 aromatic carbocycles. The molecule has 0 aliphatic carbocycles. The van der Waals surface area contributed by atoms with Crippen LogP contribution in [0.3, 0.4) is 0 Å². The van der Waals surface area contributed by atoms with Gasteiger partial charge in [0.05, 0.1) is 49.3 Å². The molecule has 1 amide bonds. The molecule has 1 aliphatic rings. The van der Waals surface area contributed by atoms with Crippen LogP contribution in [0, 0.1) is 12.8 Å². The number of esters is 1. The Kier molecular flexibility index (Phi) is 12.1. The van der Waals surface area contributed by atoms with E-state index in [2.05, 4.69) is 24.4 Å². The minimum atomic E-state index is -0.713. The van der Waals surface area contributed by atoms with Crippen molar-refractivity contribution in [3.8, 4) is 10.6 Å². The molecule has 0 saturated heterocycles. The summed E-state index contributed by atoms with van der Waals surface area (Å²) >= 11 is 1.63. The monoisotopic (exact) mass is 660 g/mol. The summed E-state index contributed by atoms with van der Waals surface area (Å²) < 4.78 is 29.3. The smallest absolute Gasteiger partial charge is 0.337 e. The summed E-state index contributed by atoms with van der Waals surface area (Å²) in [5, 5.41) is 12.8. The number of hydrogen-bond acceptors (Lipinski definition) is 10. The average Bonchev–Trinajstić information content (AvgIpc) is 3.51. The number of thiazole rings is 1. The highest BCUT2D eigenvalue weighted by Gasteiger charge is 2.38. The average molecular weight is 661 g/mol. The lowest BCUT2D eigenvalue weighted by molar-refractivity contribution is -0.166. The number of anilines is 1. The van der Waals surface area contributed by atoms with Crippen molar-refractivity contribution >= 4 is 39.1 Å². The lowest BCUT2D eigenvalue weighted by Crippen LogP contribution is -2.38. The fraction of sp³-hybridized carbons (Fsp3) is 0.361. The van der Waals surface area contributed by atoms with Gasteiger partial charge >= 0.3 is 5.97 Å². The zero-order chi connectivity index (χ0) is 33.2. The number of aliphatic hydroxyl groups excluding tert-OH is 1. The minimum absolute atomic E-state index is 0.0383. The molecule has 1 aromatic heterocycles. The Morgan fingerprint density at radius 1 is 0.979 bits per heavy atom. The Morgan fingerprint density at radius 3 is 2.43 bits per heavy atom. The molecule has 248 valence electrons. The van der Waals surface area contributed by atoms with Crippen LogP contribution in [0.5, 0.6) is 0 Å². The summed E-state index contributed by atoms with van der Waals surface area (Å²) in [5.74, 6) is -1.14. The molecule has 0 unspecified atom stereocenters. The number of methoxy groups -OCH3 is 1. The van der Waals surface area contributed by atoms with Gasteiger partial charge in [0.1, 0.15) is 5.01 Å². The van der Waals surface area contributed by atoms with Crippen LogP contribution in [0.2, 0.25) is 0 Å². The molecule has 3 atom stereocenters. The number of ether oxygens (including phenoxy) is 5. The van der Waals surface area contributed by atoms with Crippen molar-refractivity contribution in [3.05, 3.63) is 95.3 Å². The number of nitrogens with zero attached hydrogens (tertiary/aromatic N) is 1. The van der Waals surface area contributed by atoms with Gasteiger partial charge in [-0.15, -0.1) is 11.3 Å². The van der Waals surface area contributed by atoms with Crippen LogP contribution >= 0.6 is 11.3 Å². The maximum Gasteiger partial charge on any atom is 0.337 e. The van der Waals surface area contributed by atoms with Gasteiger partial charge in [-0.05, 0) is 86.0 Å². The standard InChI is InChI=1S/C36H40N2O8S/c1-4-45-36-28(15-17-43-19-20-44-18-16-39)29(24-6-8-26(9-7-24)35(41)42-3)22-31(46-36)33(40)37-27-12-10-25(11-13-27)34-38-30-14-5-23(2)21-32(30)47-34/h5-14,21-22,28-29,36,39H,4,15-20H2,1-3H3,(H,37,40)/t28-,29-,36-/m1/s1. The maximum absolute atomic E-state index is 13.6. The molecular weight excluding hydrogens is 620 g/mol. The Labute approximate surface area is 278 Å². The molecule has 4 aromatic rings. The fourth-order valence-corrected chi connectivity index (χ4v) is 6.50. The number of allylic oxidation sites excluding steroid dienone is 1. The van der Waals surface area contributed by atoms with Crippen molar-refractivity contribution in [2.75, 3.05) is 52.1 Å². The Morgan fingerprint density at radius 2 is 1.72 bits per heavy atom. The van der Waals surface area contributed by atoms with Gasteiger partial charge in [-0.3, -0.25) is 4.79 Å². The number of aryl methyl sites for hydroxylation is 1. The summed E-state index contributed by atoms with van der Waals surface area (Å²) in [6.45, 7) is 5.71. The molecule has 10 nitrogen and oxygen atoms in total.